The number of hydrogen-bond donors (Lipinski definition) is 1. The Balaban J connectivity index is 2.13. The number of nitrogens with one attached hydrogen (secondary N) is 1. The van der Waals surface area contributed by atoms with Crippen LogP contribution in [0.4, 0.5) is 4.39 Å². The van der Waals surface area contributed by atoms with Gasteiger partial charge in [-0.25, -0.2) is 4.39 Å². The maximum Gasteiger partial charge on any atom is 0.126 e. The van der Waals surface area contributed by atoms with Crippen molar-refractivity contribution in [2.45, 2.75) is 52.0 Å². The van der Waals surface area contributed by atoms with Crippen LogP contribution in [0.1, 0.15) is 50.2 Å². The molecule has 2 atom stereocenters. The lowest BCUT2D eigenvalue weighted by molar-refractivity contribution is 0.414. The predicted octanol–water partition coefficient (Wildman–Crippen LogP) is 4.02. The fraction of sp³-hybridized carbons (Fsp3) is 0.625. The zero-order valence-corrected chi connectivity index (χ0v) is 11.7. The van der Waals surface area contributed by atoms with Crippen LogP contribution in [0, 0.1) is 18.7 Å². The third-order valence-corrected chi connectivity index (χ3v) is 4.00. The van der Waals surface area contributed by atoms with Gasteiger partial charge < -0.3 is 5.32 Å². The van der Waals surface area contributed by atoms with Crippen molar-refractivity contribution in [3.8, 4) is 0 Å². The molecule has 0 aliphatic heterocycles. The predicted molar refractivity (Wildman–Crippen MR) is 74.4 cm³/mol. The van der Waals surface area contributed by atoms with Gasteiger partial charge in [0.1, 0.15) is 5.82 Å². The van der Waals surface area contributed by atoms with Gasteiger partial charge in [-0.05, 0) is 49.8 Å². The maximum atomic E-state index is 14.0. The Kier molecular flexibility index (Phi) is 4.39. The van der Waals surface area contributed by atoms with Crippen molar-refractivity contribution in [3.05, 3.63) is 35.1 Å². The minimum Gasteiger partial charge on any atom is -0.314 e. The number of rotatable bonds is 4. The van der Waals surface area contributed by atoms with Gasteiger partial charge in [-0.3, -0.25) is 0 Å². The van der Waals surface area contributed by atoms with E-state index in [0.717, 1.165) is 24.1 Å². The Morgan fingerprint density at radius 3 is 2.83 bits per heavy atom. The first-order chi connectivity index (χ1) is 8.58. The molecule has 2 rings (SSSR count). The highest BCUT2D eigenvalue weighted by molar-refractivity contribution is 5.28. The SMILES string of the molecule is Cc1ccc(F)c(C2CCCC2CNC(C)C)c1. The second kappa shape index (κ2) is 5.83. The zero-order valence-electron chi connectivity index (χ0n) is 11.7. The van der Waals surface area contributed by atoms with Gasteiger partial charge in [-0.15, -0.1) is 0 Å². The Morgan fingerprint density at radius 2 is 2.11 bits per heavy atom. The summed E-state index contributed by atoms with van der Waals surface area (Å²) < 4.78 is 14.0. The molecular formula is C16H24FN. The highest BCUT2D eigenvalue weighted by Crippen LogP contribution is 2.40. The van der Waals surface area contributed by atoms with Crippen LogP contribution < -0.4 is 5.32 Å². The molecule has 1 nitrogen and oxygen atoms in total. The molecule has 1 aromatic rings. The number of aryl methyl sites for hydroxylation is 1. The van der Waals surface area contributed by atoms with Crippen molar-refractivity contribution < 1.29 is 4.39 Å². The average Bonchev–Trinajstić information content (AvgIpc) is 2.77. The standard InChI is InChI=1S/C16H24FN/c1-11(2)18-10-13-5-4-6-14(13)15-9-12(3)7-8-16(15)17/h7-9,11,13-14,18H,4-6,10H2,1-3H3. The van der Waals surface area contributed by atoms with Crippen molar-refractivity contribution in [3.63, 3.8) is 0 Å². The van der Waals surface area contributed by atoms with Gasteiger partial charge in [0.25, 0.3) is 0 Å². The normalized spacial score (nSPS) is 23.8. The van der Waals surface area contributed by atoms with Crippen LogP contribution in [-0.4, -0.2) is 12.6 Å². The zero-order chi connectivity index (χ0) is 13.1. The third-order valence-electron chi connectivity index (χ3n) is 4.00. The van der Waals surface area contributed by atoms with Crippen molar-refractivity contribution >= 4 is 0 Å². The van der Waals surface area contributed by atoms with Crippen molar-refractivity contribution in [1.29, 1.82) is 0 Å². The molecule has 1 aliphatic rings. The Hall–Kier alpha value is -0.890. The van der Waals surface area contributed by atoms with Crippen LogP contribution in [0.2, 0.25) is 0 Å². The fourth-order valence-electron chi connectivity index (χ4n) is 3.02. The molecule has 0 bridgehead atoms. The van der Waals surface area contributed by atoms with Gasteiger partial charge in [-0.2, -0.15) is 0 Å². The molecule has 1 fully saturated rings. The van der Waals surface area contributed by atoms with E-state index >= 15 is 0 Å². The Labute approximate surface area is 110 Å². The van der Waals surface area contributed by atoms with E-state index in [9.17, 15) is 4.39 Å². The first-order valence-electron chi connectivity index (χ1n) is 7.07. The van der Waals surface area contributed by atoms with Gasteiger partial charge in [0, 0.05) is 6.04 Å². The monoisotopic (exact) mass is 249 g/mol. The van der Waals surface area contributed by atoms with Gasteiger partial charge in [-0.1, -0.05) is 38.0 Å². The minimum atomic E-state index is -0.0259. The molecule has 0 heterocycles. The molecular weight excluding hydrogens is 225 g/mol. The van der Waals surface area contributed by atoms with E-state index in [1.165, 1.54) is 12.8 Å². The van der Waals surface area contributed by atoms with E-state index in [-0.39, 0.29) is 5.82 Å². The molecule has 1 saturated carbocycles. The molecule has 1 N–H and O–H groups in total. The molecule has 18 heavy (non-hydrogen) atoms. The third kappa shape index (κ3) is 3.11. The molecule has 1 aliphatic carbocycles. The van der Waals surface area contributed by atoms with Crippen molar-refractivity contribution in [2.24, 2.45) is 5.92 Å². The molecule has 0 spiro atoms. The molecule has 100 valence electrons. The Morgan fingerprint density at radius 1 is 1.33 bits per heavy atom. The second-order valence-corrected chi connectivity index (χ2v) is 5.89. The highest BCUT2D eigenvalue weighted by atomic mass is 19.1. The highest BCUT2D eigenvalue weighted by Gasteiger charge is 2.30. The Bertz CT molecular complexity index is 400. The summed E-state index contributed by atoms with van der Waals surface area (Å²) in [6.07, 6.45) is 3.57. The summed E-state index contributed by atoms with van der Waals surface area (Å²) in [5, 5.41) is 3.50. The first-order valence-corrected chi connectivity index (χ1v) is 7.07. The van der Waals surface area contributed by atoms with E-state index in [4.69, 9.17) is 0 Å². The summed E-state index contributed by atoms with van der Waals surface area (Å²) in [7, 11) is 0. The quantitative estimate of drug-likeness (QED) is 0.850. The van der Waals surface area contributed by atoms with Crippen LogP contribution in [0.3, 0.4) is 0 Å². The number of hydrogen-bond acceptors (Lipinski definition) is 1. The van der Waals surface area contributed by atoms with E-state index in [2.05, 4.69) is 19.2 Å². The van der Waals surface area contributed by atoms with E-state index in [0.29, 0.717) is 17.9 Å². The van der Waals surface area contributed by atoms with Gasteiger partial charge in [0.2, 0.25) is 0 Å². The molecule has 0 saturated heterocycles. The summed E-state index contributed by atoms with van der Waals surface area (Å²) in [4.78, 5) is 0. The summed E-state index contributed by atoms with van der Waals surface area (Å²) in [6.45, 7) is 7.38. The lowest BCUT2D eigenvalue weighted by atomic mass is 9.87. The lowest BCUT2D eigenvalue weighted by Gasteiger charge is -2.22. The molecule has 1 aromatic carbocycles. The lowest BCUT2D eigenvalue weighted by Crippen LogP contribution is -2.30. The van der Waals surface area contributed by atoms with Gasteiger partial charge >= 0.3 is 0 Å². The maximum absolute atomic E-state index is 14.0. The topological polar surface area (TPSA) is 12.0 Å². The minimum absolute atomic E-state index is 0.0259. The van der Waals surface area contributed by atoms with Crippen LogP contribution >= 0.6 is 0 Å². The smallest absolute Gasteiger partial charge is 0.126 e. The van der Waals surface area contributed by atoms with Crippen molar-refractivity contribution in [2.75, 3.05) is 6.54 Å². The molecule has 2 unspecified atom stereocenters. The fourth-order valence-corrected chi connectivity index (χ4v) is 3.02. The van der Waals surface area contributed by atoms with Crippen LogP contribution in [-0.2, 0) is 0 Å². The number of benzene rings is 1. The summed E-state index contributed by atoms with van der Waals surface area (Å²) in [5.74, 6) is 0.960. The van der Waals surface area contributed by atoms with Gasteiger partial charge in [0.05, 0.1) is 0 Å². The molecule has 0 aromatic heterocycles. The van der Waals surface area contributed by atoms with Crippen LogP contribution in [0.5, 0.6) is 0 Å². The summed E-state index contributed by atoms with van der Waals surface area (Å²) in [6, 6.07) is 6.02. The van der Waals surface area contributed by atoms with Gasteiger partial charge in [0.15, 0.2) is 0 Å². The van der Waals surface area contributed by atoms with Crippen LogP contribution in [0.25, 0.3) is 0 Å². The number of halogens is 1. The van der Waals surface area contributed by atoms with Crippen LogP contribution in [0.15, 0.2) is 18.2 Å². The molecule has 0 amide bonds. The average molecular weight is 249 g/mol. The largest absolute Gasteiger partial charge is 0.314 e. The van der Waals surface area contributed by atoms with E-state index in [1.54, 1.807) is 6.07 Å². The molecule has 0 radical (unpaired) electrons. The van der Waals surface area contributed by atoms with Crippen molar-refractivity contribution in [1.82, 2.24) is 5.32 Å². The van der Waals surface area contributed by atoms with E-state index in [1.807, 2.05) is 19.1 Å². The first kappa shape index (κ1) is 13.5. The molecule has 2 heteroatoms. The summed E-state index contributed by atoms with van der Waals surface area (Å²) >= 11 is 0. The van der Waals surface area contributed by atoms with E-state index < -0.39 is 0 Å². The second-order valence-electron chi connectivity index (χ2n) is 5.89. The summed E-state index contributed by atoms with van der Waals surface area (Å²) in [5.41, 5.74) is 2.09.